The summed E-state index contributed by atoms with van der Waals surface area (Å²) >= 11 is 1.32. The third kappa shape index (κ3) is 3.19. The minimum atomic E-state index is -1.12. The van der Waals surface area contributed by atoms with E-state index in [4.69, 9.17) is 4.74 Å². The number of nitrogens with zero attached hydrogens (tertiary/aromatic N) is 2. The maximum absolute atomic E-state index is 13.3. The Morgan fingerprint density at radius 2 is 1.73 bits per heavy atom. The van der Waals surface area contributed by atoms with Gasteiger partial charge in [-0.2, -0.15) is 0 Å². The molecule has 0 spiro atoms. The SMILES string of the molecule is COc1ccccc1C1C(C(=O)C(C)(C)C)C(=O)C(=O)N1c1nc2ccccc2s1. The number of anilines is 1. The first kappa shape index (κ1) is 20.2. The second-order valence-electron chi connectivity index (χ2n) is 8.28. The molecular formula is C23H22N2O4S. The Labute approximate surface area is 178 Å². The molecule has 6 nitrogen and oxygen atoms in total. The number of aromatic nitrogens is 1. The number of carbonyl (C=O) groups excluding carboxylic acids is 3. The molecule has 3 aromatic rings. The summed E-state index contributed by atoms with van der Waals surface area (Å²) in [5, 5.41) is 0.398. The molecular weight excluding hydrogens is 400 g/mol. The number of carbonyl (C=O) groups is 3. The van der Waals surface area contributed by atoms with E-state index in [-0.39, 0.29) is 5.78 Å². The molecule has 1 fully saturated rings. The monoisotopic (exact) mass is 422 g/mol. The molecule has 154 valence electrons. The summed E-state index contributed by atoms with van der Waals surface area (Å²) in [6.07, 6.45) is 0. The van der Waals surface area contributed by atoms with Crippen molar-refractivity contribution in [2.45, 2.75) is 26.8 Å². The highest BCUT2D eigenvalue weighted by Crippen LogP contribution is 2.46. The summed E-state index contributed by atoms with van der Waals surface area (Å²) in [7, 11) is 1.53. The topological polar surface area (TPSA) is 76.6 Å². The molecule has 1 amide bonds. The van der Waals surface area contributed by atoms with E-state index in [2.05, 4.69) is 4.98 Å². The Morgan fingerprint density at radius 3 is 2.40 bits per heavy atom. The molecule has 1 aliphatic heterocycles. The first-order valence-corrected chi connectivity index (χ1v) is 10.5. The summed E-state index contributed by atoms with van der Waals surface area (Å²) in [6.45, 7) is 5.27. The summed E-state index contributed by atoms with van der Waals surface area (Å²) in [5.74, 6) is -2.30. The molecule has 0 N–H and O–H groups in total. The highest BCUT2D eigenvalue weighted by atomic mass is 32.1. The fraction of sp³-hybridized carbons (Fsp3) is 0.304. The number of hydrogen-bond acceptors (Lipinski definition) is 6. The molecule has 7 heteroatoms. The lowest BCUT2D eigenvalue weighted by Gasteiger charge is -2.29. The van der Waals surface area contributed by atoms with E-state index in [9.17, 15) is 14.4 Å². The Morgan fingerprint density at radius 1 is 1.07 bits per heavy atom. The number of rotatable bonds is 4. The number of benzene rings is 2. The van der Waals surface area contributed by atoms with Gasteiger partial charge < -0.3 is 4.74 Å². The van der Waals surface area contributed by atoms with E-state index >= 15 is 0 Å². The molecule has 30 heavy (non-hydrogen) atoms. The van der Waals surface area contributed by atoms with Crippen LogP contribution in [0.4, 0.5) is 5.13 Å². The standard InChI is InChI=1S/C23H22N2O4S/c1-23(2,3)20(27)17-18(13-9-5-7-11-15(13)29-4)25(21(28)19(17)26)22-24-14-10-6-8-12-16(14)30-22/h5-12,17-18H,1-4H3. The fourth-order valence-corrected chi connectivity index (χ4v) is 4.80. The lowest BCUT2D eigenvalue weighted by molar-refractivity contribution is -0.141. The number of ether oxygens (including phenoxy) is 1. The number of fused-ring (bicyclic) bond motifs is 1. The van der Waals surface area contributed by atoms with Crippen molar-refractivity contribution in [2.75, 3.05) is 12.0 Å². The zero-order valence-corrected chi connectivity index (χ0v) is 18.0. The number of para-hydroxylation sites is 2. The van der Waals surface area contributed by atoms with E-state index in [1.807, 2.05) is 30.3 Å². The van der Waals surface area contributed by atoms with Crippen LogP contribution in [-0.2, 0) is 14.4 Å². The Bertz CT molecular complexity index is 1130. The van der Waals surface area contributed by atoms with Crippen LogP contribution >= 0.6 is 11.3 Å². The molecule has 2 unspecified atom stereocenters. The van der Waals surface area contributed by atoms with Gasteiger partial charge in [0.15, 0.2) is 10.9 Å². The van der Waals surface area contributed by atoms with E-state index < -0.39 is 29.1 Å². The largest absolute Gasteiger partial charge is 0.496 e. The van der Waals surface area contributed by atoms with Crippen molar-refractivity contribution in [3.63, 3.8) is 0 Å². The van der Waals surface area contributed by atoms with Crippen LogP contribution in [-0.4, -0.2) is 29.6 Å². The van der Waals surface area contributed by atoms with Crippen LogP contribution in [0.25, 0.3) is 10.2 Å². The van der Waals surface area contributed by atoms with Crippen molar-refractivity contribution in [1.29, 1.82) is 0 Å². The average Bonchev–Trinajstić information content (AvgIpc) is 3.25. The van der Waals surface area contributed by atoms with Crippen molar-refractivity contribution in [1.82, 2.24) is 4.98 Å². The fourth-order valence-electron chi connectivity index (χ4n) is 3.80. The molecule has 2 atom stereocenters. The Hall–Kier alpha value is -3.06. The first-order chi connectivity index (χ1) is 14.2. The lowest BCUT2D eigenvalue weighted by Crippen LogP contribution is -2.36. The van der Waals surface area contributed by atoms with Crippen LogP contribution < -0.4 is 9.64 Å². The number of methoxy groups -OCH3 is 1. The quantitative estimate of drug-likeness (QED) is 0.465. The Balaban J connectivity index is 1.94. The van der Waals surface area contributed by atoms with Crippen molar-refractivity contribution >= 4 is 44.2 Å². The number of ketones is 2. The second kappa shape index (κ2) is 7.32. The van der Waals surface area contributed by atoms with Crippen LogP contribution in [0, 0.1) is 11.3 Å². The van der Waals surface area contributed by atoms with E-state index in [0.29, 0.717) is 16.4 Å². The highest BCUT2D eigenvalue weighted by Gasteiger charge is 2.55. The molecule has 0 aliphatic carbocycles. The maximum atomic E-state index is 13.3. The van der Waals surface area contributed by atoms with E-state index in [1.165, 1.54) is 23.3 Å². The van der Waals surface area contributed by atoms with E-state index in [1.54, 1.807) is 39.0 Å². The minimum absolute atomic E-state index is 0.277. The van der Waals surface area contributed by atoms with Gasteiger partial charge in [0.2, 0.25) is 5.78 Å². The average molecular weight is 423 g/mol. The number of thiazole rings is 1. The van der Waals surface area contributed by atoms with Gasteiger partial charge in [-0.1, -0.05) is 62.4 Å². The van der Waals surface area contributed by atoms with E-state index in [0.717, 1.165) is 10.2 Å². The van der Waals surface area contributed by atoms with Gasteiger partial charge in [0, 0.05) is 11.0 Å². The number of amides is 1. The Kier molecular flexibility index (Phi) is 4.94. The van der Waals surface area contributed by atoms with Crippen LogP contribution in [0.3, 0.4) is 0 Å². The molecule has 0 bridgehead atoms. The molecule has 1 aliphatic rings. The predicted molar refractivity (Wildman–Crippen MR) is 116 cm³/mol. The highest BCUT2D eigenvalue weighted by molar-refractivity contribution is 7.22. The van der Waals surface area contributed by atoms with Gasteiger partial charge in [0.25, 0.3) is 5.91 Å². The van der Waals surface area contributed by atoms with Crippen LogP contribution in [0.2, 0.25) is 0 Å². The molecule has 2 heterocycles. The van der Waals surface area contributed by atoms with Crippen molar-refractivity contribution in [3.05, 3.63) is 54.1 Å². The second-order valence-corrected chi connectivity index (χ2v) is 9.29. The molecule has 1 saturated heterocycles. The molecule has 0 radical (unpaired) electrons. The van der Waals surface area contributed by atoms with Gasteiger partial charge in [-0.25, -0.2) is 4.98 Å². The maximum Gasteiger partial charge on any atom is 0.297 e. The molecule has 0 saturated carbocycles. The van der Waals surface area contributed by atoms with Gasteiger partial charge in [-0.15, -0.1) is 0 Å². The summed E-state index contributed by atoms with van der Waals surface area (Å²) in [6, 6.07) is 13.9. The summed E-state index contributed by atoms with van der Waals surface area (Å²) in [5.41, 5.74) is 0.563. The van der Waals surface area contributed by atoms with Crippen LogP contribution in [0.5, 0.6) is 5.75 Å². The van der Waals surface area contributed by atoms with Gasteiger partial charge in [-0.3, -0.25) is 19.3 Å². The third-order valence-corrected chi connectivity index (χ3v) is 6.31. The normalized spacial score (nSPS) is 19.5. The number of Topliss-reactive ketones (excluding diaryl/α,β-unsaturated/α-hetero) is 2. The lowest BCUT2D eigenvalue weighted by atomic mass is 9.77. The molecule has 4 rings (SSSR count). The van der Waals surface area contributed by atoms with Gasteiger partial charge in [0.05, 0.1) is 23.4 Å². The van der Waals surface area contributed by atoms with Gasteiger partial charge >= 0.3 is 0 Å². The minimum Gasteiger partial charge on any atom is -0.496 e. The third-order valence-electron chi connectivity index (χ3n) is 5.27. The van der Waals surface area contributed by atoms with Crippen molar-refractivity contribution < 1.29 is 19.1 Å². The van der Waals surface area contributed by atoms with Crippen LogP contribution in [0.15, 0.2) is 48.5 Å². The zero-order valence-electron chi connectivity index (χ0n) is 17.2. The van der Waals surface area contributed by atoms with Crippen LogP contribution in [0.1, 0.15) is 32.4 Å². The number of hydrogen-bond donors (Lipinski definition) is 0. The molecule has 1 aromatic heterocycles. The zero-order chi connectivity index (χ0) is 21.6. The van der Waals surface area contributed by atoms with Crippen molar-refractivity contribution in [3.8, 4) is 5.75 Å². The van der Waals surface area contributed by atoms with Gasteiger partial charge in [-0.05, 0) is 18.2 Å². The predicted octanol–water partition coefficient (Wildman–Crippen LogP) is 4.19. The first-order valence-electron chi connectivity index (χ1n) is 9.64. The van der Waals surface area contributed by atoms with Gasteiger partial charge in [0.1, 0.15) is 11.7 Å². The summed E-state index contributed by atoms with van der Waals surface area (Å²) < 4.78 is 6.41. The smallest absolute Gasteiger partial charge is 0.297 e. The molecule has 2 aromatic carbocycles. The van der Waals surface area contributed by atoms with Crippen molar-refractivity contribution in [2.24, 2.45) is 11.3 Å². The summed E-state index contributed by atoms with van der Waals surface area (Å²) in [4.78, 5) is 45.5.